The summed E-state index contributed by atoms with van der Waals surface area (Å²) < 4.78 is 142. The zero-order chi connectivity index (χ0) is 77.6. The Morgan fingerprint density at radius 1 is 0.533 bits per heavy atom. The van der Waals surface area contributed by atoms with E-state index in [1.54, 1.807) is 39.8 Å². The number of hydrogen-bond donors (Lipinski definition) is 5. The van der Waals surface area contributed by atoms with Crippen molar-refractivity contribution in [3.05, 3.63) is 241 Å². The van der Waals surface area contributed by atoms with Crippen LogP contribution in [-0.2, 0) is 51.2 Å². The first kappa shape index (κ1) is 107. The molecule has 5 aromatic rings. The number of carboxylic acid groups (broad SMARTS) is 1. The maximum Gasteiger partial charge on any atom is 2.00 e. The van der Waals surface area contributed by atoms with Gasteiger partial charge in [-0.1, -0.05) is 24.8 Å². The number of hydrogen-bond acceptors (Lipinski definition) is 10. The van der Waals surface area contributed by atoms with Crippen LogP contribution in [0.2, 0.25) is 0 Å². The van der Waals surface area contributed by atoms with Gasteiger partial charge < -0.3 is 70.4 Å². The Kier molecular flexibility index (Phi) is 53.3. The van der Waals surface area contributed by atoms with Gasteiger partial charge in [0.15, 0.2) is 34.8 Å². The standard InChI is InChI=1S/2C15H16BF2NO2.C12H12BF2NO2.C12H10BF2NO2.C10H8BF2NO3.C2H3.B.BrH.Ce.3ClH.Mg.Na.H/c2*1-4-13-12(19(14(16)20)15(2,3)21-13)7-9-5-10(17)8-11(18)6-9;2*1-2-11(17)10(16-12(13)18)5-7-3-8(14)6-9(15)4-7;11-10(17)14-8(9(15)16)3-5-1-6(12)4-7(13)2-5;1-2;;;;;;;;;/h2*4-6,8,12-13H,1,7H2,2-3H3;2-4,6,10-11,17H,1,5H2,(H,16,18);2-4,6,10H,1,5H2,(H,16,18);1-2,4,8H,3H2,(H,14,17)(H,15,16);1H,2H2;;1H;;3*1H;;;/q;;;;;-1;;;+3;;;;+2;+1;-1/p-4/t12-,13+;12-,13-;10-,11?;10-;8-;;;;;;;;;;/m00000........../s1. The molecule has 7 rings (SSSR count). The van der Waals surface area contributed by atoms with Crippen LogP contribution in [0.3, 0.4) is 0 Å². The first-order valence-electron chi connectivity index (χ1n) is 29.1. The number of aliphatic hydroxyl groups excluding tert-OH is 1. The van der Waals surface area contributed by atoms with Crippen molar-refractivity contribution in [3.8, 4) is 0 Å². The second kappa shape index (κ2) is 52.5. The Hall–Kier alpha value is -4.65. The summed E-state index contributed by atoms with van der Waals surface area (Å²) in [6.45, 7) is 27.8. The van der Waals surface area contributed by atoms with Crippen LogP contribution in [0.15, 0.2) is 148 Å². The third kappa shape index (κ3) is 40.0. The molecule has 16 nitrogen and oxygen atoms in total. The molecule has 5 N–H and O–H groups in total. The van der Waals surface area contributed by atoms with E-state index >= 15 is 0 Å². The van der Waals surface area contributed by atoms with Gasteiger partial charge in [0.05, 0.1) is 42.5 Å². The average molecular weight is 1730 g/mol. The van der Waals surface area contributed by atoms with Crippen molar-refractivity contribution in [2.24, 2.45) is 0 Å². The Bertz CT molecular complexity index is 3550. The molecule has 13 radical (unpaired) electrons. The number of nitrogens with one attached hydrogen (secondary N) is 3. The molecule has 0 saturated carbocycles. The quantitative estimate of drug-likeness (QED) is 0.0223. The fourth-order valence-electron chi connectivity index (χ4n) is 10.1. The van der Waals surface area contributed by atoms with E-state index in [0.29, 0.717) is 22.8 Å². The van der Waals surface area contributed by atoms with E-state index in [1.807, 2.05) is 5.32 Å². The molecule has 0 spiro atoms. The van der Waals surface area contributed by atoms with Crippen LogP contribution < -0.4 is 62.5 Å². The topological polar surface area (TPSA) is 221 Å². The molecule has 2 aliphatic heterocycles. The van der Waals surface area contributed by atoms with Gasteiger partial charge in [0, 0.05) is 51.6 Å². The fourth-order valence-corrected chi connectivity index (χ4v) is 10.1. The van der Waals surface area contributed by atoms with Crippen molar-refractivity contribution in [2.75, 3.05) is 0 Å². The molecule has 8 atom stereocenters. The van der Waals surface area contributed by atoms with E-state index in [4.69, 9.17) is 70.7 Å². The number of aliphatic carboxylic acids is 1. The molecule has 5 aromatic carbocycles. The average Bonchev–Trinajstić information content (AvgIpc) is 1.63. The number of rotatable bonds is 20. The fraction of sp³-hybridized carbons (Fsp3) is 0.288. The van der Waals surface area contributed by atoms with Crippen LogP contribution in [0, 0.1) is 95.4 Å². The predicted molar refractivity (Wildman–Crippen MR) is 376 cm³/mol. The SMILES string of the molecule is [B].[B]C(=O)N1[C@@H](Cc2cc(F)cc(F)c2)[C@@H](C=C)OC1(C)C.[B]C(=O)N1[C@@H](Cc2cc(F)cc(F)c2)[C@H](C=C)OC1(C)C.[B]C(=O)N[C@@H](Cc1cc(F)cc(F)c1)C(=O)C=C.[B]C(=O)N[C@@H](Cc1cc(F)cc(F)c1)C(=O)O.[B]C(=O)N[C@@H](Cc1cc(F)cc(F)c1)C(O)C=C.[Br-].[CH-]=C.[Cl][Ce]([Cl])[Cl].[H-].[Mg+2].[Na+]. The number of amides is 5. The van der Waals surface area contributed by atoms with Gasteiger partial charge in [0.25, 0.3) is 0 Å². The number of carbonyl (C=O) groups excluding carboxylic acids is 6. The summed E-state index contributed by atoms with van der Waals surface area (Å²) in [6, 6.07) is 11.0. The third-order valence-corrected chi connectivity index (χ3v) is 13.7. The smallest absolute Gasteiger partial charge is 1.00 e. The minimum absolute atomic E-state index is 0. The van der Waals surface area contributed by atoms with Crippen molar-refractivity contribution < 1.29 is 176 Å². The maximum absolute atomic E-state index is 13.3. The van der Waals surface area contributed by atoms with E-state index in [0.717, 1.165) is 66.7 Å². The summed E-state index contributed by atoms with van der Waals surface area (Å²) in [6.07, 6.45) is 3.50. The van der Waals surface area contributed by atoms with Gasteiger partial charge in [-0.15, -0.1) is 19.7 Å². The number of halogens is 14. The van der Waals surface area contributed by atoms with Crippen LogP contribution in [0.5, 0.6) is 0 Å². The molecule has 0 aliphatic carbocycles. The van der Waals surface area contributed by atoms with E-state index in [-0.39, 0.29) is 123 Å². The molecule has 2 fully saturated rings. The van der Waals surface area contributed by atoms with Gasteiger partial charge in [-0.2, -0.15) is 0 Å². The van der Waals surface area contributed by atoms with Crippen molar-refractivity contribution in [1.29, 1.82) is 0 Å². The van der Waals surface area contributed by atoms with Crippen LogP contribution in [0.25, 0.3) is 0 Å². The summed E-state index contributed by atoms with van der Waals surface area (Å²) in [5.74, 6) is -13.1. The number of carbonyl (C=O) groups is 7. The van der Waals surface area contributed by atoms with Gasteiger partial charge in [-0.25, -0.2) is 48.7 Å². The first-order valence-corrected chi connectivity index (χ1v) is 40.9. The zero-order valence-electron chi connectivity index (χ0n) is 58.2. The number of carboxylic acids is 1. The summed E-state index contributed by atoms with van der Waals surface area (Å²) in [5.41, 5.74) is 14.8. The largest absolute Gasteiger partial charge is 2.00 e. The van der Waals surface area contributed by atoms with Crippen molar-refractivity contribution in [1.82, 2.24) is 25.8 Å². The second-order valence-corrected chi connectivity index (χ2v) is 35.9. The van der Waals surface area contributed by atoms with Crippen molar-refractivity contribution >= 4 is 128 Å². The second-order valence-electron chi connectivity index (χ2n) is 22.1. The molecular weight excluding hydrogens is 1670 g/mol. The minimum Gasteiger partial charge on any atom is -1.00 e. The minimum atomic E-state index is -2.24. The van der Waals surface area contributed by atoms with E-state index < -0.39 is 190 Å². The van der Waals surface area contributed by atoms with Gasteiger partial charge in [-0.3, -0.25) is 35.3 Å². The molecule has 105 heavy (non-hydrogen) atoms. The molecule has 2 aliphatic rings. The first-order chi connectivity index (χ1) is 46.9. The molecular formula is C66H66B6BrCeCl3F10MgN5NaO11. The normalized spacial score (nSPS) is 16.2. The van der Waals surface area contributed by atoms with Crippen LogP contribution in [0.1, 0.15) is 56.9 Å². The maximum atomic E-state index is 13.3. The van der Waals surface area contributed by atoms with E-state index in [9.17, 15) is 82.6 Å². The van der Waals surface area contributed by atoms with Crippen LogP contribution in [0.4, 0.5) is 67.9 Å². The Labute approximate surface area is 683 Å². The molecule has 2 saturated heterocycles. The molecule has 0 bridgehead atoms. The van der Waals surface area contributed by atoms with Gasteiger partial charge >= 0.3 is 106 Å². The Balaban J connectivity index is -0.000000389. The van der Waals surface area contributed by atoms with E-state index in [1.165, 1.54) is 40.1 Å². The molecule has 0 aromatic heterocycles. The predicted octanol–water partition coefficient (Wildman–Crippen LogP) is 5.26. The third-order valence-electron chi connectivity index (χ3n) is 13.7. The monoisotopic (exact) mass is 1730 g/mol. The van der Waals surface area contributed by atoms with Gasteiger partial charge in [0.2, 0.25) is 39.2 Å². The summed E-state index contributed by atoms with van der Waals surface area (Å²) in [4.78, 5) is 80.4. The number of ether oxygens (including phenoxy) is 2. The Morgan fingerprint density at radius 2 is 0.781 bits per heavy atom. The summed E-state index contributed by atoms with van der Waals surface area (Å²) in [5, 5.41) is 24.8. The van der Waals surface area contributed by atoms with Crippen molar-refractivity contribution in [2.45, 2.75) is 120 Å². The number of benzene rings is 5. The van der Waals surface area contributed by atoms with Gasteiger partial charge in [0.1, 0.15) is 75.7 Å². The van der Waals surface area contributed by atoms with Gasteiger partial charge in [-0.05, 0) is 142 Å². The molecule has 544 valence electrons. The molecule has 1 unspecified atom stereocenters. The summed E-state index contributed by atoms with van der Waals surface area (Å²) >= 11 is -2.24. The zero-order valence-corrected chi connectivity index (χ0v) is 67.6. The number of ketones is 1. The molecule has 39 heteroatoms. The van der Waals surface area contributed by atoms with Crippen LogP contribution in [-0.4, -0.2) is 191 Å². The molecule has 2 heterocycles. The number of aliphatic hydroxyl groups is 1. The molecule has 5 amide bonds. The van der Waals surface area contributed by atoms with Crippen molar-refractivity contribution in [3.63, 3.8) is 0 Å². The van der Waals surface area contributed by atoms with Crippen LogP contribution >= 0.6 is 16.9 Å². The summed E-state index contributed by atoms with van der Waals surface area (Å²) in [7, 11) is 25.5. The van der Waals surface area contributed by atoms with E-state index in [2.05, 4.69) is 50.1 Å². The number of nitrogens with zero attached hydrogens (tertiary/aromatic N) is 2. The Morgan fingerprint density at radius 3 is 1.01 bits per heavy atom.